The quantitative estimate of drug-likeness (QED) is 0.878. The molecule has 2 fully saturated rings. The van der Waals surface area contributed by atoms with Gasteiger partial charge in [-0.2, -0.15) is 5.26 Å². The van der Waals surface area contributed by atoms with E-state index >= 15 is 0 Å². The Morgan fingerprint density at radius 1 is 1.32 bits per heavy atom. The van der Waals surface area contributed by atoms with Crippen molar-refractivity contribution >= 4 is 5.82 Å². The number of nitrogens with zero attached hydrogens (tertiary/aromatic N) is 3. The van der Waals surface area contributed by atoms with Gasteiger partial charge in [0.05, 0.1) is 25.4 Å². The summed E-state index contributed by atoms with van der Waals surface area (Å²) in [6, 6.07) is 6.17. The summed E-state index contributed by atoms with van der Waals surface area (Å²) in [5.74, 6) is 1.38. The van der Waals surface area contributed by atoms with Gasteiger partial charge in [-0.25, -0.2) is 4.98 Å². The molecule has 0 amide bonds. The highest BCUT2D eigenvalue weighted by molar-refractivity contribution is 5.39. The molecule has 2 aliphatic rings. The van der Waals surface area contributed by atoms with Crippen LogP contribution in [0, 0.1) is 17.2 Å². The van der Waals surface area contributed by atoms with E-state index in [-0.39, 0.29) is 0 Å². The van der Waals surface area contributed by atoms with Crippen LogP contribution in [0.2, 0.25) is 0 Å². The molecule has 0 spiro atoms. The van der Waals surface area contributed by atoms with E-state index in [0.717, 1.165) is 58.3 Å². The zero-order chi connectivity index (χ0) is 15.2. The molecule has 22 heavy (non-hydrogen) atoms. The van der Waals surface area contributed by atoms with Crippen LogP contribution in [0.1, 0.15) is 12.0 Å². The lowest BCUT2D eigenvalue weighted by molar-refractivity contribution is 0.00460. The molecule has 6 nitrogen and oxygen atoms in total. The van der Waals surface area contributed by atoms with E-state index < -0.39 is 0 Å². The lowest BCUT2D eigenvalue weighted by Gasteiger charge is -2.37. The van der Waals surface area contributed by atoms with Gasteiger partial charge >= 0.3 is 0 Å². The summed E-state index contributed by atoms with van der Waals surface area (Å²) in [7, 11) is 0. The minimum atomic E-state index is 0.434. The first-order valence-electron chi connectivity index (χ1n) is 7.86. The van der Waals surface area contributed by atoms with Gasteiger partial charge in [0.2, 0.25) is 0 Å². The monoisotopic (exact) mass is 302 g/mol. The number of hydrogen-bond acceptors (Lipinski definition) is 6. The van der Waals surface area contributed by atoms with E-state index in [0.29, 0.717) is 17.5 Å². The van der Waals surface area contributed by atoms with E-state index in [1.54, 1.807) is 12.3 Å². The maximum atomic E-state index is 8.82. The van der Waals surface area contributed by atoms with Crippen molar-refractivity contribution in [2.45, 2.75) is 12.5 Å². The van der Waals surface area contributed by atoms with E-state index in [4.69, 9.17) is 14.7 Å². The van der Waals surface area contributed by atoms with Crippen molar-refractivity contribution in [3.8, 4) is 6.07 Å². The van der Waals surface area contributed by atoms with E-state index in [9.17, 15) is 0 Å². The van der Waals surface area contributed by atoms with Crippen LogP contribution in [0.25, 0.3) is 0 Å². The van der Waals surface area contributed by atoms with Crippen LogP contribution in [-0.4, -0.2) is 62.0 Å². The molecule has 2 unspecified atom stereocenters. The van der Waals surface area contributed by atoms with Crippen LogP contribution in [0.5, 0.6) is 0 Å². The summed E-state index contributed by atoms with van der Waals surface area (Å²) in [4.78, 5) is 6.78. The predicted molar refractivity (Wildman–Crippen MR) is 82.5 cm³/mol. The highest BCUT2D eigenvalue weighted by Crippen LogP contribution is 2.22. The van der Waals surface area contributed by atoms with Gasteiger partial charge < -0.3 is 14.8 Å². The van der Waals surface area contributed by atoms with Crippen molar-refractivity contribution in [2.75, 3.05) is 51.4 Å². The number of ether oxygens (including phenoxy) is 2. The molecule has 118 valence electrons. The van der Waals surface area contributed by atoms with Crippen LogP contribution in [0.4, 0.5) is 5.82 Å². The van der Waals surface area contributed by atoms with Crippen molar-refractivity contribution < 1.29 is 9.47 Å². The molecule has 0 saturated carbocycles. The van der Waals surface area contributed by atoms with Crippen LogP contribution in [-0.2, 0) is 9.47 Å². The highest BCUT2D eigenvalue weighted by atomic mass is 16.5. The molecule has 0 bridgehead atoms. The number of pyridine rings is 1. The van der Waals surface area contributed by atoms with Crippen LogP contribution >= 0.6 is 0 Å². The Bertz CT molecular complexity index is 502. The van der Waals surface area contributed by atoms with Crippen molar-refractivity contribution in [3.05, 3.63) is 23.9 Å². The summed E-state index contributed by atoms with van der Waals surface area (Å²) in [5, 5.41) is 12.2. The van der Waals surface area contributed by atoms with Gasteiger partial charge in [-0.1, -0.05) is 0 Å². The minimum absolute atomic E-state index is 0.434. The number of nitriles is 1. The predicted octanol–water partition coefficient (Wildman–Crippen LogP) is 1.10. The largest absolute Gasteiger partial charge is 0.381 e. The second-order valence-electron chi connectivity index (χ2n) is 5.76. The van der Waals surface area contributed by atoms with Gasteiger partial charge in [0.25, 0.3) is 0 Å². The van der Waals surface area contributed by atoms with Crippen LogP contribution in [0.3, 0.4) is 0 Å². The van der Waals surface area contributed by atoms with Gasteiger partial charge in [0.15, 0.2) is 0 Å². The molecule has 6 heteroatoms. The fourth-order valence-electron chi connectivity index (χ4n) is 3.13. The zero-order valence-electron chi connectivity index (χ0n) is 12.7. The third-order valence-corrected chi connectivity index (χ3v) is 4.41. The van der Waals surface area contributed by atoms with E-state index in [2.05, 4.69) is 21.3 Å². The molecule has 3 heterocycles. The first kappa shape index (κ1) is 15.2. The molecule has 2 atom stereocenters. The Morgan fingerprint density at radius 3 is 2.82 bits per heavy atom. The number of morpholine rings is 1. The third kappa shape index (κ3) is 3.74. The average molecular weight is 302 g/mol. The van der Waals surface area contributed by atoms with Crippen LogP contribution < -0.4 is 5.32 Å². The van der Waals surface area contributed by atoms with Crippen LogP contribution in [0.15, 0.2) is 18.3 Å². The molecular formula is C16H22N4O2. The lowest BCUT2D eigenvalue weighted by Crippen LogP contribution is -2.50. The standard InChI is InChI=1S/C16H22N4O2/c17-9-13-1-2-16(18-10-13)19-11-15(14-3-6-22-12-14)20-4-7-21-8-5-20/h1-2,10,14-15H,3-8,11-12H2,(H,18,19). The van der Waals surface area contributed by atoms with Gasteiger partial charge in [0, 0.05) is 44.4 Å². The second kappa shape index (κ2) is 7.54. The smallest absolute Gasteiger partial charge is 0.126 e. The summed E-state index contributed by atoms with van der Waals surface area (Å²) < 4.78 is 11.0. The maximum absolute atomic E-state index is 8.82. The maximum Gasteiger partial charge on any atom is 0.126 e. The molecule has 1 aromatic rings. The molecular weight excluding hydrogens is 280 g/mol. The SMILES string of the molecule is N#Cc1ccc(NCC(C2CCOC2)N2CCOCC2)nc1. The fourth-order valence-corrected chi connectivity index (χ4v) is 3.13. The second-order valence-corrected chi connectivity index (χ2v) is 5.76. The molecule has 0 aliphatic carbocycles. The van der Waals surface area contributed by atoms with Gasteiger partial charge in [-0.3, -0.25) is 4.90 Å². The van der Waals surface area contributed by atoms with Crippen molar-refractivity contribution in [1.29, 1.82) is 5.26 Å². The Morgan fingerprint density at radius 2 is 2.18 bits per heavy atom. The molecule has 0 aromatic carbocycles. The Labute approximate surface area is 131 Å². The van der Waals surface area contributed by atoms with Gasteiger partial charge in [-0.15, -0.1) is 0 Å². The number of anilines is 1. The molecule has 2 aliphatic heterocycles. The first-order chi connectivity index (χ1) is 10.9. The molecule has 0 radical (unpaired) electrons. The van der Waals surface area contributed by atoms with E-state index in [1.807, 2.05) is 6.07 Å². The highest BCUT2D eigenvalue weighted by Gasteiger charge is 2.31. The first-order valence-corrected chi connectivity index (χ1v) is 7.86. The number of nitrogens with one attached hydrogen (secondary N) is 1. The van der Waals surface area contributed by atoms with Gasteiger partial charge in [-0.05, 0) is 18.6 Å². The van der Waals surface area contributed by atoms with E-state index in [1.165, 1.54) is 0 Å². The number of aromatic nitrogens is 1. The molecule has 1 aromatic heterocycles. The molecule has 1 N–H and O–H groups in total. The van der Waals surface area contributed by atoms with Crippen molar-refractivity contribution in [2.24, 2.45) is 5.92 Å². The van der Waals surface area contributed by atoms with Crippen molar-refractivity contribution in [3.63, 3.8) is 0 Å². The molecule has 3 rings (SSSR count). The topological polar surface area (TPSA) is 70.4 Å². The average Bonchev–Trinajstić information content (AvgIpc) is 3.11. The summed E-state index contributed by atoms with van der Waals surface area (Å²) in [5.41, 5.74) is 0.583. The Balaban J connectivity index is 1.62. The zero-order valence-corrected chi connectivity index (χ0v) is 12.7. The summed E-state index contributed by atoms with van der Waals surface area (Å²) >= 11 is 0. The normalized spacial score (nSPS) is 23.9. The lowest BCUT2D eigenvalue weighted by atomic mass is 9.97. The Hall–Kier alpha value is -1.68. The fraction of sp³-hybridized carbons (Fsp3) is 0.625. The minimum Gasteiger partial charge on any atom is -0.381 e. The Kier molecular flexibility index (Phi) is 5.22. The van der Waals surface area contributed by atoms with Crippen molar-refractivity contribution in [1.82, 2.24) is 9.88 Å². The number of hydrogen-bond donors (Lipinski definition) is 1. The summed E-state index contributed by atoms with van der Waals surface area (Å²) in [6.07, 6.45) is 2.72. The summed E-state index contributed by atoms with van der Waals surface area (Å²) in [6.45, 7) is 6.10. The third-order valence-electron chi connectivity index (χ3n) is 4.41. The molecule has 2 saturated heterocycles. The van der Waals surface area contributed by atoms with Gasteiger partial charge in [0.1, 0.15) is 11.9 Å². The number of rotatable bonds is 5.